The van der Waals surface area contributed by atoms with E-state index in [2.05, 4.69) is 34.0 Å². The molecule has 0 radical (unpaired) electrons. The van der Waals surface area contributed by atoms with E-state index in [1.807, 2.05) is 12.5 Å². The third kappa shape index (κ3) is 5.03. The first-order valence-corrected chi connectivity index (χ1v) is 7.17. The van der Waals surface area contributed by atoms with Gasteiger partial charge in [-0.15, -0.1) is 0 Å². The molecule has 0 unspecified atom stereocenters. The molecule has 19 heavy (non-hydrogen) atoms. The van der Waals surface area contributed by atoms with Gasteiger partial charge in [0.2, 0.25) is 5.91 Å². The number of amides is 1. The minimum atomic E-state index is 0.185. The average Bonchev–Trinajstić information content (AvgIpc) is 3.05. The van der Waals surface area contributed by atoms with Crippen molar-refractivity contribution in [2.24, 2.45) is 0 Å². The van der Waals surface area contributed by atoms with Gasteiger partial charge in [0.05, 0.1) is 12.0 Å². The fourth-order valence-corrected chi connectivity index (χ4v) is 1.94. The molecule has 0 aliphatic heterocycles. The van der Waals surface area contributed by atoms with Gasteiger partial charge in [0.1, 0.15) is 0 Å². The zero-order valence-corrected chi connectivity index (χ0v) is 11.9. The van der Waals surface area contributed by atoms with Crippen molar-refractivity contribution in [1.29, 1.82) is 0 Å². The van der Waals surface area contributed by atoms with Gasteiger partial charge < -0.3 is 15.2 Å². The van der Waals surface area contributed by atoms with Crippen molar-refractivity contribution in [1.82, 2.24) is 20.2 Å². The van der Waals surface area contributed by atoms with Gasteiger partial charge in [0.15, 0.2) is 0 Å². The summed E-state index contributed by atoms with van der Waals surface area (Å²) in [4.78, 5) is 15.8. The number of nitrogens with one attached hydrogen (secondary N) is 2. The second kappa shape index (κ2) is 6.70. The number of aromatic nitrogens is 2. The lowest BCUT2D eigenvalue weighted by atomic mass is 10.3. The van der Waals surface area contributed by atoms with E-state index in [0.29, 0.717) is 18.5 Å². The molecule has 1 aliphatic carbocycles. The molecule has 1 heterocycles. The summed E-state index contributed by atoms with van der Waals surface area (Å²) in [6.45, 7) is 5.94. The molecule has 1 saturated carbocycles. The highest BCUT2D eigenvalue weighted by Gasteiger charge is 2.22. The Bertz CT molecular complexity index is 409. The standard InChI is InChI=1S/C14H24N4O/c1-11(2)16-9-13-8-15-10-18(13)7-3-4-14(19)17-12-5-6-12/h8,10-12,16H,3-7,9H2,1-2H3,(H,17,19). The van der Waals surface area contributed by atoms with Gasteiger partial charge in [0, 0.05) is 37.8 Å². The highest BCUT2D eigenvalue weighted by molar-refractivity contribution is 5.76. The number of carbonyl (C=O) groups is 1. The van der Waals surface area contributed by atoms with Gasteiger partial charge in [-0.2, -0.15) is 0 Å². The summed E-state index contributed by atoms with van der Waals surface area (Å²) < 4.78 is 2.12. The van der Waals surface area contributed by atoms with Gasteiger partial charge in [-0.3, -0.25) is 4.79 Å². The topological polar surface area (TPSA) is 59.0 Å². The van der Waals surface area contributed by atoms with Gasteiger partial charge in [0.25, 0.3) is 0 Å². The van der Waals surface area contributed by atoms with Crippen LogP contribution in [0.2, 0.25) is 0 Å². The molecule has 2 rings (SSSR count). The van der Waals surface area contributed by atoms with Crippen LogP contribution in [0.5, 0.6) is 0 Å². The Balaban J connectivity index is 1.69. The lowest BCUT2D eigenvalue weighted by molar-refractivity contribution is -0.121. The molecule has 1 aliphatic rings. The first-order chi connectivity index (χ1) is 9.15. The molecule has 5 nitrogen and oxygen atoms in total. The summed E-state index contributed by atoms with van der Waals surface area (Å²) in [5, 5.41) is 6.39. The van der Waals surface area contributed by atoms with Crippen molar-refractivity contribution in [3.8, 4) is 0 Å². The van der Waals surface area contributed by atoms with E-state index in [0.717, 1.165) is 32.4 Å². The monoisotopic (exact) mass is 264 g/mol. The van der Waals surface area contributed by atoms with Gasteiger partial charge in [-0.05, 0) is 19.3 Å². The Morgan fingerprint density at radius 3 is 3.00 bits per heavy atom. The molecule has 5 heteroatoms. The number of hydrogen-bond acceptors (Lipinski definition) is 3. The normalized spacial score (nSPS) is 14.9. The van der Waals surface area contributed by atoms with Crippen LogP contribution in [0.3, 0.4) is 0 Å². The van der Waals surface area contributed by atoms with Crippen LogP contribution in [0, 0.1) is 0 Å². The van der Waals surface area contributed by atoms with Crippen LogP contribution < -0.4 is 10.6 Å². The fraction of sp³-hybridized carbons (Fsp3) is 0.714. The highest BCUT2D eigenvalue weighted by atomic mass is 16.1. The third-order valence-electron chi connectivity index (χ3n) is 3.24. The van der Waals surface area contributed by atoms with Crippen molar-refractivity contribution in [2.75, 3.05) is 0 Å². The Labute approximate surface area is 114 Å². The molecule has 106 valence electrons. The molecule has 0 bridgehead atoms. The zero-order chi connectivity index (χ0) is 13.7. The summed E-state index contributed by atoms with van der Waals surface area (Å²) >= 11 is 0. The van der Waals surface area contributed by atoms with Crippen LogP contribution in [-0.4, -0.2) is 27.5 Å². The smallest absolute Gasteiger partial charge is 0.220 e. The van der Waals surface area contributed by atoms with Gasteiger partial charge in [-0.25, -0.2) is 4.98 Å². The van der Waals surface area contributed by atoms with Crippen LogP contribution in [-0.2, 0) is 17.9 Å². The minimum absolute atomic E-state index is 0.185. The number of hydrogen-bond donors (Lipinski definition) is 2. The van der Waals surface area contributed by atoms with Crippen LogP contribution in [0.15, 0.2) is 12.5 Å². The summed E-state index contributed by atoms with van der Waals surface area (Å²) in [6.07, 6.45) is 7.50. The molecule has 1 fully saturated rings. The number of imidazole rings is 1. The molecule has 1 aromatic rings. The van der Waals surface area contributed by atoms with Gasteiger partial charge >= 0.3 is 0 Å². The van der Waals surface area contributed by atoms with E-state index in [1.165, 1.54) is 5.69 Å². The lowest BCUT2D eigenvalue weighted by Gasteiger charge is -2.11. The molecule has 0 aromatic carbocycles. The predicted molar refractivity (Wildman–Crippen MR) is 74.6 cm³/mol. The van der Waals surface area contributed by atoms with E-state index >= 15 is 0 Å². The Morgan fingerprint density at radius 1 is 1.53 bits per heavy atom. The molecular weight excluding hydrogens is 240 g/mol. The molecule has 1 aromatic heterocycles. The molecule has 1 amide bonds. The van der Waals surface area contributed by atoms with E-state index in [-0.39, 0.29) is 5.91 Å². The van der Waals surface area contributed by atoms with Crippen molar-refractivity contribution in [3.63, 3.8) is 0 Å². The second-order valence-corrected chi connectivity index (χ2v) is 5.56. The van der Waals surface area contributed by atoms with Crippen LogP contribution in [0.4, 0.5) is 0 Å². The van der Waals surface area contributed by atoms with Crippen molar-refractivity contribution in [2.45, 2.75) is 64.7 Å². The largest absolute Gasteiger partial charge is 0.353 e. The molecule has 0 atom stereocenters. The van der Waals surface area contributed by atoms with Crippen molar-refractivity contribution in [3.05, 3.63) is 18.2 Å². The Morgan fingerprint density at radius 2 is 2.32 bits per heavy atom. The first-order valence-electron chi connectivity index (χ1n) is 7.17. The van der Waals surface area contributed by atoms with Crippen molar-refractivity contribution < 1.29 is 4.79 Å². The summed E-state index contributed by atoms with van der Waals surface area (Å²) in [5.74, 6) is 0.185. The third-order valence-corrected chi connectivity index (χ3v) is 3.24. The van der Waals surface area contributed by atoms with E-state index in [1.54, 1.807) is 0 Å². The summed E-state index contributed by atoms with van der Waals surface area (Å²) in [5.41, 5.74) is 1.18. The van der Waals surface area contributed by atoms with Crippen LogP contribution >= 0.6 is 0 Å². The van der Waals surface area contributed by atoms with Crippen LogP contribution in [0.1, 0.15) is 45.2 Å². The number of aryl methyl sites for hydroxylation is 1. The molecular formula is C14H24N4O. The minimum Gasteiger partial charge on any atom is -0.353 e. The predicted octanol–water partition coefficient (Wildman–Crippen LogP) is 1.44. The second-order valence-electron chi connectivity index (χ2n) is 5.56. The Kier molecular flexibility index (Phi) is 4.96. The maximum atomic E-state index is 11.6. The number of nitrogens with zero attached hydrogens (tertiary/aromatic N) is 2. The first kappa shape index (κ1) is 14.1. The molecule has 0 saturated heterocycles. The number of carbonyl (C=O) groups excluding carboxylic acids is 1. The maximum absolute atomic E-state index is 11.6. The van der Waals surface area contributed by atoms with Gasteiger partial charge in [-0.1, -0.05) is 13.8 Å². The molecule has 2 N–H and O–H groups in total. The van der Waals surface area contributed by atoms with Crippen LogP contribution in [0.25, 0.3) is 0 Å². The molecule has 0 spiro atoms. The van der Waals surface area contributed by atoms with E-state index < -0.39 is 0 Å². The Hall–Kier alpha value is -1.36. The number of rotatable bonds is 8. The average molecular weight is 264 g/mol. The van der Waals surface area contributed by atoms with E-state index in [4.69, 9.17) is 0 Å². The summed E-state index contributed by atoms with van der Waals surface area (Å²) in [7, 11) is 0. The fourth-order valence-electron chi connectivity index (χ4n) is 1.94. The van der Waals surface area contributed by atoms with E-state index in [9.17, 15) is 4.79 Å². The lowest BCUT2D eigenvalue weighted by Crippen LogP contribution is -2.25. The SMILES string of the molecule is CC(C)NCc1cncn1CCCC(=O)NC1CC1. The quantitative estimate of drug-likeness (QED) is 0.747. The van der Waals surface area contributed by atoms with Crippen molar-refractivity contribution >= 4 is 5.91 Å². The highest BCUT2D eigenvalue weighted by Crippen LogP contribution is 2.18. The summed E-state index contributed by atoms with van der Waals surface area (Å²) in [6, 6.07) is 0.930. The zero-order valence-electron chi connectivity index (χ0n) is 11.9. The maximum Gasteiger partial charge on any atom is 0.220 e.